The Balaban J connectivity index is 1.68. The predicted octanol–water partition coefficient (Wildman–Crippen LogP) is 2.04. The molecule has 1 aromatic carbocycles. The van der Waals surface area contributed by atoms with Crippen molar-refractivity contribution in [2.24, 2.45) is 0 Å². The fourth-order valence-corrected chi connectivity index (χ4v) is 3.88. The third-order valence-electron chi connectivity index (χ3n) is 4.00. The average molecular weight is 344 g/mol. The Morgan fingerprint density at radius 3 is 2.92 bits per heavy atom. The zero-order valence-electron chi connectivity index (χ0n) is 13.7. The minimum absolute atomic E-state index is 0.0931. The minimum Gasteiger partial charge on any atom is -0.324 e. The Morgan fingerprint density at radius 2 is 2.21 bits per heavy atom. The molecule has 2 aromatic rings. The van der Waals surface area contributed by atoms with E-state index in [-0.39, 0.29) is 18.4 Å². The van der Waals surface area contributed by atoms with Gasteiger partial charge in [-0.25, -0.2) is 0 Å². The quantitative estimate of drug-likeness (QED) is 0.922. The van der Waals surface area contributed by atoms with Crippen molar-refractivity contribution in [3.63, 3.8) is 0 Å². The molecule has 1 saturated heterocycles. The molecule has 1 unspecified atom stereocenters. The number of carbonyl (C=O) groups excluding carboxylic acids is 2. The number of aryl methyl sites for hydroxylation is 2. The van der Waals surface area contributed by atoms with Crippen LogP contribution in [0.5, 0.6) is 0 Å². The van der Waals surface area contributed by atoms with Gasteiger partial charge in [0, 0.05) is 23.8 Å². The van der Waals surface area contributed by atoms with Gasteiger partial charge in [0.15, 0.2) is 0 Å². The standard InChI is InChI=1S/C17H20N4O2S/c1-12-4-5-14(13(2)8-12)19-17(23)15-10-24-11-21(15)16(22)9-20-7-3-6-18-20/h3-8,15H,9-11H2,1-2H3,(H,19,23). The predicted molar refractivity (Wildman–Crippen MR) is 94.7 cm³/mol. The summed E-state index contributed by atoms with van der Waals surface area (Å²) in [6.45, 7) is 4.13. The SMILES string of the molecule is Cc1ccc(NC(=O)C2CSCN2C(=O)Cn2cccn2)c(C)c1. The number of hydrogen-bond acceptors (Lipinski definition) is 4. The normalized spacial score (nSPS) is 17.1. The molecule has 6 nitrogen and oxygen atoms in total. The van der Waals surface area contributed by atoms with Gasteiger partial charge in [-0.15, -0.1) is 11.8 Å². The third-order valence-corrected chi connectivity index (χ3v) is 5.01. The molecule has 1 aromatic heterocycles. The van der Waals surface area contributed by atoms with Gasteiger partial charge in [0.1, 0.15) is 12.6 Å². The number of amides is 2. The van der Waals surface area contributed by atoms with Crippen LogP contribution in [0, 0.1) is 13.8 Å². The van der Waals surface area contributed by atoms with Crippen LogP contribution in [0.25, 0.3) is 0 Å². The van der Waals surface area contributed by atoms with Crippen LogP contribution in [0.15, 0.2) is 36.7 Å². The molecule has 2 heterocycles. The van der Waals surface area contributed by atoms with Gasteiger partial charge in [-0.05, 0) is 31.5 Å². The first-order chi connectivity index (χ1) is 11.5. The minimum atomic E-state index is -0.446. The van der Waals surface area contributed by atoms with Crippen molar-refractivity contribution in [2.45, 2.75) is 26.4 Å². The van der Waals surface area contributed by atoms with Gasteiger partial charge in [-0.2, -0.15) is 5.10 Å². The molecule has 126 valence electrons. The van der Waals surface area contributed by atoms with Crippen molar-refractivity contribution in [1.29, 1.82) is 0 Å². The van der Waals surface area contributed by atoms with Crippen LogP contribution < -0.4 is 5.32 Å². The van der Waals surface area contributed by atoms with Crippen molar-refractivity contribution in [1.82, 2.24) is 14.7 Å². The molecule has 1 N–H and O–H groups in total. The van der Waals surface area contributed by atoms with Gasteiger partial charge in [-0.3, -0.25) is 14.3 Å². The molecule has 7 heteroatoms. The lowest BCUT2D eigenvalue weighted by Gasteiger charge is -2.23. The highest BCUT2D eigenvalue weighted by Crippen LogP contribution is 2.24. The maximum Gasteiger partial charge on any atom is 0.248 e. The Morgan fingerprint density at radius 1 is 1.38 bits per heavy atom. The highest BCUT2D eigenvalue weighted by molar-refractivity contribution is 7.99. The van der Waals surface area contributed by atoms with E-state index in [2.05, 4.69) is 10.4 Å². The topological polar surface area (TPSA) is 67.2 Å². The molecule has 2 amide bonds. The molecule has 0 spiro atoms. The van der Waals surface area contributed by atoms with E-state index >= 15 is 0 Å². The maximum absolute atomic E-state index is 12.6. The van der Waals surface area contributed by atoms with Crippen molar-refractivity contribution in [2.75, 3.05) is 16.9 Å². The molecule has 1 fully saturated rings. The first-order valence-corrected chi connectivity index (χ1v) is 8.93. The van der Waals surface area contributed by atoms with Crippen LogP contribution in [0.3, 0.4) is 0 Å². The van der Waals surface area contributed by atoms with E-state index in [0.29, 0.717) is 11.6 Å². The van der Waals surface area contributed by atoms with E-state index in [1.807, 2.05) is 32.0 Å². The number of hydrogen-bond donors (Lipinski definition) is 1. The van der Waals surface area contributed by atoms with Gasteiger partial charge in [-0.1, -0.05) is 17.7 Å². The van der Waals surface area contributed by atoms with Crippen LogP contribution in [0.2, 0.25) is 0 Å². The van der Waals surface area contributed by atoms with Crippen LogP contribution in [0.4, 0.5) is 5.69 Å². The molecule has 1 aliphatic heterocycles. The summed E-state index contributed by atoms with van der Waals surface area (Å²) in [5.74, 6) is 0.914. The zero-order valence-corrected chi connectivity index (χ0v) is 14.5. The second-order valence-corrected chi connectivity index (χ2v) is 6.89. The number of thioether (sulfide) groups is 1. The summed E-state index contributed by atoms with van der Waals surface area (Å²) in [6.07, 6.45) is 3.38. The smallest absolute Gasteiger partial charge is 0.248 e. The lowest BCUT2D eigenvalue weighted by Crippen LogP contribution is -2.45. The largest absolute Gasteiger partial charge is 0.324 e. The lowest BCUT2D eigenvalue weighted by molar-refractivity contribution is -0.136. The molecule has 1 aliphatic rings. The molecule has 1 atom stereocenters. The summed E-state index contributed by atoms with van der Waals surface area (Å²) in [4.78, 5) is 26.7. The number of nitrogens with zero attached hydrogens (tertiary/aromatic N) is 3. The summed E-state index contributed by atoms with van der Waals surface area (Å²) in [5, 5.41) is 7.00. The highest BCUT2D eigenvalue weighted by Gasteiger charge is 2.34. The van der Waals surface area contributed by atoms with E-state index in [9.17, 15) is 9.59 Å². The zero-order chi connectivity index (χ0) is 17.1. The van der Waals surface area contributed by atoms with Crippen LogP contribution in [0.1, 0.15) is 11.1 Å². The molecule has 0 saturated carbocycles. The third kappa shape index (κ3) is 3.62. The number of rotatable bonds is 4. The Hall–Kier alpha value is -2.28. The van der Waals surface area contributed by atoms with E-state index in [4.69, 9.17) is 0 Å². The van der Waals surface area contributed by atoms with E-state index in [1.165, 1.54) is 0 Å². The maximum atomic E-state index is 12.6. The monoisotopic (exact) mass is 344 g/mol. The van der Waals surface area contributed by atoms with E-state index in [0.717, 1.165) is 16.8 Å². The highest BCUT2D eigenvalue weighted by atomic mass is 32.2. The van der Waals surface area contributed by atoms with E-state index < -0.39 is 6.04 Å². The van der Waals surface area contributed by atoms with Crippen LogP contribution in [-0.4, -0.2) is 44.2 Å². The summed E-state index contributed by atoms with van der Waals surface area (Å²) >= 11 is 1.59. The fourth-order valence-electron chi connectivity index (χ4n) is 2.70. The van der Waals surface area contributed by atoms with Gasteiger partial charge in [0.05, 0.1) is 5.88 Å². The average Bonchev–Trinajstić information content (AvgIpc) is 3.20. The number of benzene rings is 1. The van der Waals surface area contributed by atoms with Crippen LogP contribution in [-0.2, 0) is 16.1 Å². The van der Waals surface area contributed by atoms with Crippen molar-refractivity contribution >= 4 is 29.3 Å². The van der Waals surface area contributed by atoms with Crippen molar-refractivity contribution in [3.05, 3.63) is 47.8 Å². The molecule has 0 bridgehead atoms. The van der Waals surface area contributed by atoms with Crippen molar-refractivity contribution in [3.8, 4) is 0 Å². The summed E-state index contributed by atoms with van der Waals surface area (Å²) < 4.78 is 1.57. The first-order valence-electron chi connectivity index (χ1n) is 7.77. The Bertz CT molecular complexity index is 745. The molecule has 24 heavy (non-hydrogen) atoms. The Labute approximate surface area is 145 Å². The van der Waals surface area contributed by atoms with Gasteiger partial charge >= 0.3 is 0 Å². The molecular formula is C17H20N4O2S. The second-order valence-electron chi connectivity index (χ2n) is 5.89. The van der Waals surface area contributed by atoms with Gasteiger partial charge < -0.3 is 10.2 Å². The van der Waals surface area contributed by atoms with E-state index in [1.54, 1.807) is 39.8 Å². The fraction of sp³-hybridized carbons (Fsp3) is 0.353. The molecule has 0 radical (unpaired) electrons. The van der Waals surface area contributed by atoms with Gasteiger partial charge in [0.2, 0.25) is 11.8 Å². The number of nitrogens with one attached hydrogen (secondary N) is 1. The Kier molecular flexibility index (Phi) is 4.89. The lowest BCUT2D eigenvalue weighted by atomic mass is 10.1. The first kappa shape index (κ1) is 16.6. The second kappa shape index (κ2) is 7.09. The summed E-state index contributed by atoms with van der Waals surface area (Å²) in [5.41, 5.74) is 2.96. The molecule has 0 aliphatic carbocycles. The summed E-state index contributed by atoms with van der Waals surface area (Å²) in [6, 6.07) is 7.22. The van der Waals surface area contributed by atoms with Crippen LogP contribution >= 0.6 is 11.8 Å². The van der Waals surface area contributed by atoms with Gasteiger partial charge in [0.25, 0.3) is 0 Å². The molecule has 3 rings (SSSR count). The van der Waals surface area contributed by atoms with Crippen molar-refractivity contribution < 1.29 is 9.59 Å². The number of anilines is 1. The number of aromatic nitrogens is 2. The molecular weight excluding hydrogens is 324 g/mol. The summed E-state index contributed by atoms with van der Waals surface area (Å²) in [7, 11) is 0. The number of carbonyl (C=O) groups is 2.